The predicted molar refractivity (Wildman–Crippen MR) is 46.9 cm³/mol. The Morgan fingerprint density at radius 3 is 2.64 bits per heavy atom. The van der Waals surface area contributed by atoms with E-state index in [0.717, 1.165) is 12.1 Å². The Kier molecular flexibility index (Phi) is 2.76. The van der Waals surface area contributed by atoms with E-state index in [0.29, 0.717) is 0 Å². The van der Waals surface area contributed by atoms with Crippen molar-refractivity contribution in [2.75, 3.05) is 7.11 Å². The van der Waals surface area contributed by atoms with E-state index in [1.165, 1.54) is 7.11 Å². The van der Waals surface area contributed by atoms with Crippen LogP contribution in [0.25, 0.3) is 0 Å². The van der Waals surface area contributed by atoms with Crippen molar-refractivity contribution < 1.29 is 13.9 Å². The SMILES string of the molecule is COc1cc(C(N)=O)c(F)cc1N=O. The van der Waals surface area contributed by atoms with Crippen LogP contribution in [0.4, 0.5) is 10.1 Å². The van der Waals surface area contributed by atoms with E-state index in [1.54, 1.807) is 0 Å². The minimum Gasteiger partial charge on any atom is -0.494 e. The number of nitrogens with zero attached hydrogens (tertiary/aromatic N) is 1. The zero-order chi connectivity index (χ0) is 10.7. The Morgan fingerprint density at radius 1 is 1.57 bits per heavy atom. The fraction of sp³-hybridized carbons (Fsp3) is 0.125. The third-order valence-electron chi connectivity index (χ3n) is 1.63. The van der Waals surface area contributed by atoms with E-state index < -0.39 is 11.7 Å². The van der Waals surface area contributed by atoms with Gasteiger partial charge in [-0.25, -0.2) is 4.39 Å². The molecule has 0 saturated carbocycles. The summed E-state index contributed by atoms with van der Waals surface area (Å²) in [6.07, 6.45) is 0. The molecule has 0 aliphatic rings. The quantitative estimate of drug-likeness (QED) is 0.743. The Balaban J connectivity index is 3.37. The van der Waals surface area contributed by atoms with Crippen molar-refractivity contribution >= 4 is 11.6 Å². The molecule has 1 rings (SSSR count). The minimum absolute atomic E-state index is 0.00944. The molecule has 5 nitrogen and oxygen atoms in total. The van der Waals surface area contributed by atoms with Gasteiger partial charge < -0.3 is 10.5 Å². The van der Waals surface area contributed by atoms with Crippen LogP contribution in [0.3, 0.4) is 0 Å². The fourth-order valence-corrected chi connectivity index (χ4v) is 0.967. The molecule has 74 valence electrons. The molecular weight excluding hydrogens is 191 g/mol. The molecule has 0 radical (unpaired) electrons. The van der Waals surface area contributed by atoms with Crippen molar-refractivity contribution in [2.45, 2.75) is 0 Å². The number of nitrogens with two attached hydrogens (primary N) is 1. The summed E-state index contributed by atoms with van der Waals surface area (Å²) < 4.78 is 17.8. The number of benzene rings is 1. The first-order valence-electron chi connectivity index (χ1n) is 3.61. The number of carbonyl (C=O) groups excluding carboxylic acids is 1. The van der Waals surface area contributed by atoms with E-state index in [1.807, 2.05) is 0 Å². The van der Waals surface area contributed by atoms with Crippen LogP contribution in [0, 0.1) is 10.7 Å². The van der Waals surface area contributed by atoms with Crippen molar-refractivity contribution in [1.82, 2.24) is 0 Å². The summed E-state index contributed by atoms with van der Waals surface area (Å²) in [7, 11) is 1.27. The number of hydrogen-bond acceptors (Lipinski definition) is 4. The van der Waals surface area contributed by atoms with Crippen LogP contribution < -0.4 is 10.5 Å². The highest BCUT2D eigenvalue weighted by atomic mass is 19.1. The number of rotatable bonds is 3. The molecule has 1 aromatic rings. The topological polar surface area (TPSA) is 81.8 Å². The van der Waals surface area contributed by atoms with Crippen LogP contribution in [0.5, 0.6) is 5.75 Å². The van der Waals surface area contributed by atoms with Gasteiger partial charge in [-0.15, -0.1) is 4.91 Å². The second kappa shape index (κ2) is 3.82. The van der Waals surface area contributed by atoms with E-state index in [9.17, 15) is 14.1 Å². The number of nitroso groups, excluding NO2 is 1. The molecule has 0 heterocycles. The van der Waals surface area contributed by atoms with Crippen molar-refractivity contribution in [1.29, 1.82) is 0 Å². The summed E-state index contributed by atoms with van der Waals surface area (Å²) >= 11 is 0. The average molecular weight is 198 g/mol. The number of hydrogen-bond donors (Lipinski definition) is 1. The summed E-state index contributed by atoms with van der Waals surface area (Å²) in [6, 6.07) is 1.83. The lowest BCUT2D eigenvalue weighted by Crippen LogP contribution is -2.13. The lowest BCUT2D eigenvalue weighted by Gasteiger charge is -2.04. The first kappa shape index (κ1) is 10.1. The van der Waals surface area contributed by atoms with Crippen molar-refractivity contribution in [2.24, 2.45) is 10.9 Å². The van der Waals surface area contributed by atoms with E-state index >= 15 is 0 Å². The predicted octanol–water partition coefficient (Wildman–Crippen LogP) is 1.33. The summed E-state index contributed by atoms with van der Waals surface area (Å²) in [6.45, 7) is 0. The standard InChI is InChI=1S/C8H7FN2O3/c1-14-7-2-4(8(10)12)5(9)3-6(7)11-13/h2-3H,1H3,(H2,10,12). The van der Waals surface area contributed by atoms with Gasteiger partial charge in [-0.3, -0.25) is 4.79 Å². The van der Waals surface area contributed by atoms with E-state index in [4.69, 9.17) is 10.5 Å². The molecule has 0 aliphatic carbocycles. The number of ether oxygens (including phenoxy) is 1. The molecule has 14 heavy (non-hydrogen) atoms. The minimum atomic E-state index is -0.932. The largest absolute Gasteiger partial charge is 0.494 e. The Morgan fingerprint density at radius 2 is 2.21 bits per heavy atom. The molecule has 2 N–H and O–H groups in total. The van der Waals surface area contributed by atoms with E-state index in [-0.39, 0.29) is 17.0 Å². The molecule has 0 atom stereocenters. The van der Waals surface area contributed by atoms with Crippen LogP contribution in [0.1, 0.15) is 10.4 Å². The lowest BCUT2D eigenvalue weighted by atomic mass is 10.1. The number of amides is 1. The fourth-order valence-electron chi connectivity index (χ4n) is 0.967. The van der Waals surface area contributed by atoms with Crippen LogP contribution in [0.15, 0.2) is 17.3 Å². The molecule has 0 unspecified atom stereocenters. The molecule has 1 amide bonds. The van der Waals surface area contributed by atoms with Gasteiger partial charge in [-0.05, 0) is 11.2 Å². The second-order valence-corrected chi connectivity index (χ2v) is 2.46. The third kappa shape index (κ3) is 1.68. The first-order chi connectivity index (χ1) is 6.60. The van der Waals surface area contributed by atoms with Crippen LogP contribution in [-0.4, -0.2) is 13.0 Å². The van der Waals surface area contributed by atoms with Gasteiger partial charge in [-0.2, -0.15) is 0 Å². The molecule has 6 heteroatoms. The normalized spacial score (nSPS) is 9.57. The number of methoxy groups -OCH3 is 1. The first-order valence-corrected chi connectivity index (χ1v) is 3.61. The van der Waals surface area contributed by atoms with Crippen LogP contribution in [-0.2, 0) is 0 Å². The van der Waals surface area contributed by atoms with Gasteiger partial charge in [0.05, 0.1) is 12.7 Å². The van der Waals surface area contributed by atoms with Gasteiger partial charge in [0.25, 0.3) is 5.91 Å². The molecule has 0 spiro atoms. The summed E-state index contributed by atoms with van der Waals surface area (Å²) in [4.78, 5) is 20.9. The molecule has 0 aliphatic heterocycles. The van der Waals surface area contributed by atoms with Crippen molar-refractivity contribution in [3.63, 3.8) is 0 Å². The summed E-state index contributed by atoms with van der Waals surface area (Å²) in [5.74, 6) is -1.82. The monoisotopic (exact) mass is 198 g/mol. The molecule has 0 fully saturated rings. The van der Waals surface area contributed by atoms with Crippen LogP contribution >= 0.6 is 0 Å². The Hall–Kier alpha value is -1.98. The maximum absolute atomic E-state index is 13.0. The van der Waals surface area contributed by atoms with Gasteiger partial charge in [-0.1, -0.05) is 0 Å². The highest BCUT2D eigenvalue weighted by Gasteiger charge is 2.14. The Bertz CT molecular complexity index is 392. The maximum Gasteiger partial charge on any atom is 0.251 e. The van der Waals surface area contributed by atoms with Gasteiger partial charge >= 0.3 is 0 Å². The van der Waals surface area contributed by atoms with Crippen molar-refractivity contribution in [3.8, 4) is 5.75 Å². The zero-order valence-electron chi connectivity index (χ0n) is 7.28. The molecule has 0 aromatic heterocycles. The molecule has 1 aromatic carbocycles. The molecular formula is C8H7FN2O3. The maximum atomic E-state index is 13.0. The molecule has 0 saturated heterocycles. The third-order valence-corrected chi connectivity index (χ3v) is 1.63. The van der Waals surface area contributed by atoms with Gasteiger partial charge in [0.15, 0.2) is 5.69 Å². The van der Waals surface area contributed by atoms with Gasteiger partial charge in [0, 0.05) is 6.07 Å². The summed E-state index contributed by atoms with van der Waals surface area (Å²) in [5.41, 5.74) is 4.33. The summed E-state index contributed by atoms with van der Waals surface area (Å²) in [5, 5.41) is 2.54. The number of carbonyl (C=O) groups is 1. The molecule has 0 bridgehead atoms. The number of primary amides is 1. The smallest absolute Gasteiger partial charge is 0.251 e. The second-order valence-electron chi connectivity index (χ2n) is 2.46. The average Bonchev–Trinajstić information content (AvgIpc) is 2.16. The van der Waals surface area contributed by atoms with Gasteiger partial charge in [0.2, 0.25) is 0 Å². The lowest BCUT2D eigenvalue weighted by molar-refractivity contribution is 0.0996. The Labute approximate surface area is 78.6 Å². The highest BCUT2D eigenvalue weighted by Crippen LogP contribution is 2.29. The van der Waals surface area contributed by atoms with Crippen LogP contribution in [0.2, 0.25) is 0 Å². The zero-order valence-corrected chi connectivity index (χ0v) is 7.28. The van der Waals surface area contributed by atoms with Gasteiger partial charge in [0.1, 0.15) is 11.6 Å². The van der Waals surface area contributed by atoms with Crippen molar-refractivity contribution in [3.05, 3.63) is 28.4 Å². The number of halogens is 1. The van der Waals surface area contributed by atoms with E-state index in [2.05, 4.69) is 5.18 Å². The highest BCUT2D eigenvalue weighted by molar-refractivity contribution is 5.94.